The summed E-state index contributed by atoms with van der Waals surface area (Å²) in [6.07, 6.45) is 0. The Morgan fingerprint density at radius 1 is 0.857 bits per heavy atom. The molecule has 0 radical (unpaired) electrons. The van der Waals surface area contributed by atoms with Crippen molar-refractivity contribution >= 4 is 48.3 Å². The number of aliphatic carboxylic acids is 1. The fourth-order valence-corrected chi connectivity index (χ4v) is 4.88. The monoisotopic (exact) mass is 384 g/mol. The summed E-state index contributed by atoms with van der Waals surface area (Å²) in [4.78, 5) is 10.7. The Kier molecular flexibility index (Phi) is 3.99. The van der Waals surface area contributed by atoms with Gasteiger partial charge in [0.2, 0.25) is 0 Å². The van der Waals surface area contributed by atoms with E-state index in [1.54, 1.807) is 0 Å². The summed E-state index contributed by atoms with van der Waals surface area (Å²) in [6, 6.07) is 26.9. The number of rotatable bonds is 4. The molecular weight excluding hydrogens is 368 g/mol. The smallest absolute Gasteiger partial charge is 0.341 e. The number of benzene rings is 4. The van der Waals surface area contributed by atoms with Crippen LogP contribution >= 0.6 is 11.3 Å². The second kappa shape index (κ2) is 6.66. The highest BCUT2D eigenvalue weighted by Gasteiger charge is 2.15. The minimum atomic E-state index is -0.982. The fourth-order valence-electron chi connectivity index (χ4n) is 3.71. The molecule has 0 aliphatic rings. The standard InChI is InChI=1S/C24H16O3S/c25-22(26)14-27-17-11-9-15(10-12-17)23-18-6-2-1-5-16(18)13-21-24(23)19-7-3-4-8-20(19)28-21/h1-13H,14H2,(H,25,26). The molecule has 4 aromatic carbocycles. The van der Waals surface area contributed by atoms with Gasteiger partial charge in [-0.3, -0.25) is 0 Å². The second-order valence-electron chi connectivity index (χ2n) is 6.65. The fraction of sp³-hybridized carbons (Fsp3) is 0.0417. The number of thiophene rings is 1. The lowest BCUT2D eigenvalue weighted by Crippen LogP contribution is -2.09. The minimum absolute atomic E-state index is 0.340. The molecule has 0 aliphatic carbocycles. The summed E-state index contributed by atoms with van der Waals surface area (Å²) in [5, 5.41) is 13.7. The molecule has 0 unspecified atom stereocenters. The van der Waals surface area contributed by atoms with Crippen LogP contribution in [0.4, 0.5) is 0 Å². The Morgan fingerprint density at radius 3 is 2.36 bits per heavy atom. The van der Waals surface area contributed by atoms with Gasteiger partial charge < -0.3 is 9.84 Å². The summed E-state index contributed by atoms with van der Waals surface area (Å²) in [6.45, 7) is -0.340. The molecule has 136 valence electrons. The van der Waals surface area contributed by atoms with E-state index in [0.29, 0.717) is 5.75 Å². The maximum absolute atomic E-state index is 10.7. The van der Waals surface area contributed by atoms with Crippen LogP contribution in [0.15, 0.2) is 78.9 Å². The number of hydrogen-bond donors (Lipinski definition) is 1. The molecule has 1 heterocycles. The van der Waals surface area contributed by atoms with Crippen LogP contribution in [-0.4, -0.2) is 17.7 Å². The highest BCUT2D eigenvalue weighted by molar-refractivity contribution is 7.26. The first-order chi connectivity index (χ1) is 13.7. The molecule has 3 nitrogen and oxygen atoms in total. The molecule has 0 amide bonds. The van der Waals surface area contributed by atoms with Gasteiger partial charge in [0.25, 0.3) is 0 Å². The van der Waals surface area contributed by atoms with Gasteiger partial charge in [0.05, 0.1) is 0 Å². The van der Waals surface area contributed by atoms with E-state index in [2.05, 4.69) is 54.6 Å². The average molecular weight is 384 g/mol. The zero-order valence-corrected chi connectivity index (χ0v) is 15.7. The minimum Gasteiger partial charge on any atom is -0.482 e. The largest absolute Gasteiger partial charge is 0.482 e. The van der Waals surface area contributed by atoms with E-state index in [1.165, 1.54) is 36.5 Å². The lowest BCUT2D eigenvalue weighted by molar-refractivity contribution is -0.139. The molecule has 0 spiro atoms. The predicted octanol–water partition coefficient (Wildman–Crippen LogP) is 6.34. The number of hydrogen-bond acceptors (Lipinski definition) is 3. The van der Waals surface area contributed by atoms with E-state index in [1.807, 2.05) is 35.6 Å². The summed E-state index contributed by atoms with van der Waals surface area (Å²) in [5.74, 6) is -0.428. The van der Waals surface area contributed by atoms with Gasteiger partial charge in [0.15, 0.2) is 6.61 Å². The molecule has 0 saturated heterocycles. The van der Waals surface area contributed by atoms with Crippen LogP contribution in [0.1, 0.15) is 0 Å². The van der Waals surface area contributed by atoms with Crippen LogP contribution < -0.4 is 4.74 Å². The van der Waals surface area contributed by atoms with Gasteiger partial charge >= 0.3 is 5.97 Å². The van der Waals surface area contributed by atoms with Crippen molar-refractivity contribution in [3.8, 4) is 16.9 Å². The molecule has 5 rings (SSSR count). The van der Waals surface area contributed by atoms with Crippen LogP contribution in [0.3, 0.4) is 0 Å². The molecule has 0 saturated carbocycles. The van der Waals surface area contributed by atoms with Crippen molar-refractivity contribution in [2.24, 2.45) is 0 Å². The maximum atomic E-state index is 10.7. The van der Waals surface area contributed by atoms with Crippen LogP contribution in [0.5, 0.6) is 5.75 Å². The summed E-state index contributed by atoms with van der Waals surface area (Å²) in [5.41, 5.74) is 2.29. The Labute approximate surface area is 165 Å². The van der Waals surface area contributed by atoms with Crippen molar-refractivity contribution in [1.82, 2.24) is 0 Å². The number of carboxylic acids is 1. The van der Waals surface area contributed by atoms with Crippen molar-refractivity contribution in [3.63, 3.8) is 0 Å². The molecule has 0 aliphatic heterocycles. The molecular formula is C24H16O3S. The third-order valence-corrected chi connectivity index (χ3v) is 6.01. The topological polar surface area (TPSA) is 46.5 Å². The van der Waals surface area contributed by atoms with Gasteiger partial charge in [-0.2, -0.15) is 0 Å². The van der Waals surface area contributed by atoms with Crippen LogP contribution in [0, 0.1) is 0 Å². The van der Waals surface area contributed by atoms with Gasteiger partial charge in [-0.25, -0.2) is 4.79 Å². The van der Waals surface area contributed by atoms with E-state index in [0.717, 1.165) is 5.56 Å². The summed E-state index contributed by atoms with van der Waals surface area (Å²) < 4.78 is 7.83. The van der Waals surface area contributed by atoms with E-state index in [-0.39, 0.29) is 6.61 Å². The highest BCUT2D eigenvalue weighted by Crippen LogP contribution is 2.44. The van der Waals surface area contributed by atoms with E-state index in [9.17, 15) is 4.79 Å². The first-order valence-electron chi connectivity index (χ1n) is 8.99. The second-order valence-corrected chi connectivity index (χ2v) is 7.73. The zero-order chi connectivity index (χ0) is 19.1. The molecule has 4 heteroatoms. The van der Waals surface area contributed by atoms with Gasteiger partial charge in [-0.15, -0.1) is 11.3 Å². The van der Waals surface area contributed by atoms with Gasteiger partial charge in [-0.05, 0) is 46.2 Å². The van der Waals surface area contributed by atoms with Gasteiger partial charge in [0.1, 0.15) is 5.75 Å². The molecule has 0 atom stereocenters. The van der Waals surface area contributed by atoms with E-state index >= 15 is 0 Å². The average Bonchev–Trinajstić information content (AvgIpc) is 3.09. The molecule has 1 N–H and O–H groups in total. The first kappa shape index (κ1) is 16.8. The maximum Gasteiger partial charge on any atom is 0.341 e. The van der Waals surface area contributed by atoms with Crippen LogP contribution in [0.25, 0.3) is 42.1 Å². The Hall–Kier alpha value is -3.37. The third kappa shape index (κ3) is 2.79. The number of fused-ring (bicyclic) bond motifs is 4. The molecule has 5 aromatic rings. The van der Waals surface area contributed by atoms with Crippen molar-refractivity contribution in [1.29, 1.82) is 0 Å². The molecule has 0 bridgehead atoms. The van der Waals surface area contributed by atoms with Crippen LogP contribution in [-0.2, 0) is 4.79 Å². The van der Waals surface area contributed by atoms with Crippen molar-refractivity contribution in [2.75, 3.05) is 6.61 Å². The van der Waals surface area contributed by atoms with E-state index < -0.39 is 5.97 Å². The quantitative estimate of drug-likeness (QED) is 0.393. The Bertz CT molecular complexity index is 1330. The summed E-state index contributed by atoms with van der Waals surface area (Å²) >= 11 is 1.81. The first-order valence-corrected chi connectivity index (χ1v) is 9.80. The molecule has 1 aromatic heterocycles. The van der Waals surface area contributed by atoms with Crippen LogP contribution in [0.2, 0.25) is 0 Å². The third-order valence-electron chi connectivity index (χ3n) is 4.89. The Balaban J connectivity index is 1.77. The zero-order valence-electron chi connectivity index (χ0n) is 14.9. The van der Waals surface area contributed by atoms with Crippen molar-refractivity contribution < 1.29 is 14.6 Å². The lowest BCUT2D eigenvalue weighted by Gasteiger charge is -2.11. The number of ether oxygens (including phenoxy) is 1. The number of carbonyl (C=O) groups is 1. The lowest BCUT2D eigenvalue weighted by atomic mass is 9.93. The molecule has 0 fully saturated rings. The van der Waals surface area contributed by atoms with Gasteiger partial charge in [-0.1, -0.05) is 54.6 Å². The van der Waals surface area contributed by atoms with Crippen molar-refractivity contribution in [3.05, 3.63) is 78.9 Å². The predicted molar refractivity (Wildman–Crippen MR) is 115 cm³/mol. The van der Waals surface area contributed by atoms with Crippen molar-refractivity contribution in [2.45, 2.75) is 0 Å². The Morgan fingerprint density at radius 2 is 1.57 bits per heavy atom. The normalized spacial score (nSPS) is 11.3. The van der Waals surface area contributed by atoms with Gasteiger partial charge in [0, 0.05) is 20.2 Å². The van der Waals surface area contributed by atoms with E-state index in [4.69, 9.17) is 9.84 Å². The SMILES string of the molecule is O=C(O)COc1ccc(-c2c3ccccc3cc3sc4ccccc4c23)cc1. The highest BCUT2D eigenvalue weighted by atomic mass is 32.1. The summed E-state index contributed by atoms with van der Waals surface area (Å²) in [7, 11) is 0. The molecule has 28 heavy (non-hydrogen) atoms. The number of carboxylic acid groups (broad SMARTS) is 1.